The summed E-state index contributed by atoms with van der Waals surface area (Å²) in [6, 6.07) is 8.60. The van der Waals surface area contributed by atoms with Gasteiger partial charge < -0.3 is 14.7 Å². The second-order valence-electron chi connectivity index (χ2n) is 11.8. The van der Waals surface area contributed by atoms with Crippen molar-refractivity contribution in [1.29, 1.82) is 0 Å². The fraction of sp³-hybridized carbons (Fsp3) is 0.516. The van der Waals surface area contributed by atoms with Crippen molar-refractivity contribution < 1.29 is 41.1 Å². The van der Waals surface area contributed by atoms with E-state index >= 15 is 0 Å². The summed E-state index contributed by atoms with van der Waals surface area (Å²) < 4.78 is 70.3. The average Bonchev–Trinajstić information content (AvgIpc) is 3.34. The largest absolute Gasteiger partial charge is 0.465 e. The van der Waals surface area contributed by atoms with Crippen molar-refractivity contribution in [2.75, 3.05) is 13.2 Å². The zero-order valence-corrected chi connectivity index (χ0v) is 27.1. The summed E-state index contributed by atoms with van der Waals surface area (Å²) in [7, 11) is -8.45. The lowest BCUT2D eigenvalue weighted by Crippen LogP contribution is -2.56. The zero-order chi connectivity index (χ0) is 32.5. The maximum absolute atomic E-state index is 13.6. The molecule has 0 spiro atoms. The van der Waals surface area contributed by atoms with E-state index in [2.05, 4.69) is 14.6 Å². The van der Waals surface area contributed by atoms with Gasteiger partial charge in [0.2, 0.25) is 20.0 Å². The molecular formula is C31H39N3O9S2. The molecule has 2 fully saturated rings. The first-order valence-corrected chi connectivity index (χ1v) is 18.3. The number of nitrogens with one attached hydrogen (secondary N) is 2. The highest BCUT2D eigenvalue weighted by Gasteiger charge is 2.46. The Labute approximate surface area is 263 Å². The Bertz CT molecular complexity index is 1600. The third kappa shape index (κ3) is 6.25. The number of sulfonamides is 2. The topological polar surface area (TPSA) is 178 Å². The Kier molecular flexibility index (Phi) is 9.41. The summed E-state index contributed by atoms with van der Waals surface area (Å²) in [4.78, 5) is 25.5. The minimum absolute atomic E-state index is 0.00959. The summed E-state index contributed by atoms with van der Waals surface area (Å²) in [5.41, 5.74) is -1.12. The fourth-order valence-electron chi connectivity index (χ4n) is 6.67. The molecule has 0 saturated heterocycles. The van der Waals surface area contributed by atoms with Crippen LogP contribution in [0.5, 0.6) is 0 Å². The molecule has 0 amide bonds. The number of carbonyl (C=O) groups excluding carboxylic acids is 2. The van der Waals surface area contributed by atoms with Gasteiger partial charge in [0.1, 0.15) is 16.8 Å². The molecule has 0 radical (unpaired) electrons. The molecular weight excluding hydrogens is 622 g/mol. The van der Waals surface area contributed by atoms with Gasteiger partial charge in [-0.2, -0.15) is 9.44 Å². The highest BCUT2D eigenvalue weighted by Crippen LogP contribution is 2.40. The van der Waals surface area contributed by atoms with Crippen LogP contribution in [0.4, 0.5) is 0 Å². The van der Waals surface area contributed by atoms with Crippen LogP contribution in [-0.2, 0) is 39.1 Å². The smallest absolute Gasteiger partial charge is 0.327 e. The zero-order valence-electron chi connectivity index (χ0n) is 25.4. The number of ether oxygens (including phenoxy) is 2. The van der Waals surface area contributed by atoms with Crippen LogP contribution in [0, 0.1) is 0 Å². The van der Waals surface area contributed by atoms with Crippen LogP contribution in [0.3, 0.4) is 0 Å². The molecule has 12 nitrogen and oxygen atoms in total. The Morgan fingerprint density at radius 1 is 0.689 bits per heavy atom. The minimum atomic E-state index is -4.23. The van der Waals surface area contributed by atoms with Gasteiger partial charge in [-0.15, -0.1) is 0 Å². The van der Waals surface area contributed by atoms with Gasteiger partial charge in [-0.3, -0.25) is 9.59 Å². The standard InChI is InChI=1S/C31H39N3O9S2/c1-3-42-28(35)30(15-7-5-8-16-30)33-44(38,39)21-11-13-23-24-14-12-22(20-26(24)27(32-37)25(23)19-21)45(40,41)34-31(29(36)43-4-2)17-9-6-10-18-31/h11-14,19-20,33-34,37H,3-10,15-18H2,1-2H3. The third-order valence-electron chi connectivity index (χ3n) is 8.91. The highest BCUT2D eigenvalue weighted by molar-refractivity contribution is 7.89. The van der Waals surface area contributed by atoms with E-state index in [9.17, 15) is 31.6 Å². The number of benzene rings is 2. The van der Waals surface area contributed by atoms with Crippen LogP contribution < -0.4 is 9.44 Å². The highest BCUT2D eigenvalue weighted by atomic mass is 32.2. The van der Waals surface area contributed by atoms with Crippen molar-refractivity contribution in [3.63, 3.8) is 0 Å². The van der Waals surface area contributed by atoms with Crippen molar-refractivity contribution in [1.82, 2.24) is 9.44 Å². The van der Waals surface area contributed by atoms with Crippen LogP contribution in [0.2, 0.25) is 0 Å². The molecule has 2 saturated carbocycles. The normalized spacial score (nSPS) is 18.8. The van der Waals surface area contributed by atoms with E-state index in [4.69, 9.17) is 9.47 Å². The van der Waals surface area contributed by atoms with Gasteiger partial charge in [0.15, 0.2) is 0 Å². The quantitative estimate of drug-likeness (QED) is 0.165. The molecule has 0 heterocycles. The number of hydrogen-bond acceptors (Lipinski definition) is 10. The van der Waals surface area contributed by atoms with E-state index in [1.165, 1.54) is 24.3 Å². The number of hydrogen-bond donors (Lipinski definition) is 3. The van der Waals surface area contributed by atoms with Crippen molar-refractivity contribution in [3.05, 3.63) is 47.5 Å². The summed E-state index contributed by atoms with van der Waals surface area (Å²) in [6.07, 6.45) is 5.70. The monoisotopic (exact) mass is 661 g/mol. The second-order valence-corrected chi connectivity index (χ2v) is 15.2. The summed E-state index contributed by atoms with van der Waals surface area (Å²) in [6.45, 7) is 3.57. The van der Waals surface area contributed by atoms with Crippen LogP contribution in [0.15, 0.2) is 51.3 Å². The number of oxime groups is 1. The number of carbonyl (C=O) groups is 2. The molecule has 2 aromatic rings. The van der Waals surface area contributed by atoms with E-state index in [0.717, 1.165) is 12.8 Å². The fourth-order valence-corrected chi connectivity index (χ4v) is 9.55. The van der Waals surface area contributed by atoms with E-state index in [-0.39, 0.29) is 39.8 Å². The molecule has 0 bridgehead atoms. The molecule has 14 heteroatoms. The average molecular weight is 662 g/mol. The first-order valence-electron chi connectivity index (χ1n) is 15.4. The van der Waals surface area contributed by atoms with Crippen LogP contribution in [0.25, 0.3) is 11.1 Å². The minimum Gasteiger partial charge on any atom is -0.465 e. The lowest BCUT2D eigenvalue weighted by molar-refractivity contribution is -0.152. The molecule has 2 aromatic carbocycles. The molecule has 0 unspecified atom stereocenters. The first kappa shape index (κ1) is 33.0. The van der Waals surface area contributed by atoms with Gasteiger partial charge in [-0.05, 0) is 74.9 Å². The van der Waals surface area contributed by atoms with Crippen LogP contribution in [0.1, 0.15) is 89.2 Å². The lowest BCUT2D eigenvalue weighted by atomic mass is 9.82. The van der Waals surface area contributed by atoms with Crippen LogP contribution >= 0.6 is 0 Å². The van der Waals surface area contributed by atoms with Gasteiger partial charge in [0.05, 0.1) is 23.0 Å². The van der Waals surface area contributed by atoms with Crippen LogP contribution in [-0.4, -0.2) is 64.0 Å². The van der Waals surface area contributed by atoms with Gasteiger partial charge >= 0.3 is 11.9 Å². The predicted octanol–water partition coefficient (Wildman–Crippen LogP) is 3.98. The van der Waals surface area contributed by atoms with E-state index < -0.39 is 43.1 Å². The maximum Gasteiger partial charge on any atom is 0.327 e. The third-order valence-corrected chi connectivity index (χ3v) is 12.0. The molecule has 3 aliphatic rings. The molecule has 0 aliphatic heterocycles. The molecule has 45 heavy (non-hydrogen) atoms. The van der Waals surface area contributed by atoms with Gasteiger partial charge in [0, 0.05) is 11.1 Å². The molecule has 0 atom stereocenters. The summed E-state index contributed by atoms with van der Waals surface area (Å²) >= 11 is 0. The van der Waals surface area contributed by atoms with Crippen molar-refractivity contribution >= 4 is 37.7 Å². The Morgan fingerprint density at radius 3 is 1.40 bits per heavy atom. The van der Waals surface area contributed by atoms with E-state index in [1.807, 2.05) is 0 Å². The Balaban J connectivity index is 1.46. The van der Waals surface area contributed by atoms with Gasteiger partial charge in [-0.1, -0.05) is 55.8 Å². The van der Waals surface area contributed by atoms with Crippen molar-refractivity contribution in [2.24, 2.45) is 5.16 Å². The summed E-state index contributed by atoms with van der Waals surface area (Å²) in [5.74, 6) is -1.22. The second kappa shape index (κ2) is 12.8. The van der Waals surface area contributed by atoms with E-state index in [1.54, 1.807) is 26.0 Å². The van der Waals surface area contributed by atoms with Gasteiger partial charge in [-0.25, -0.2) is 16.8 Å². The van der Waals surface area contributed by atoms with E-state index in [0.29, 0.717) is 62.5 Å². The molecule has 3 N–H and O–H groups in total. The lowest BCUT2D eigenvalue weighted by Gasteiger charge is -2.35. The Morgan fingerprint density at radius 2 is 1.07 bits per heavy atom. The number of nitrogens with zero attached hydrogens (tertiary/aromatic N) is 1. The molecule has 244 valence electrons. The molecule has 0 aromatic heterocycles. The molecule has 3 aliphatic carbocycles. The number of rotatable bonds is 10. The van der Waals surface area contributed by atoms with Crippen molar-refractivity contribution in [2.45, 2.75) is 98.9 Å². The van der Waals surface area contributed by atoms with Crippen molar-refractivity contribution in [3.8, 4) is 11.1 Å². The summed E-state index contributed by atoms with van der Waals surface area (Å²) in [5, 5.41) is 13.5. The maximum atomic E-state index is 13.6. The molecule has 5 rings (SSSR count). The van der Waals surface area contributed by atoms with Gasteiger partial charge in [0.25, 0.3) is 0 Å². The number of esters is 2. The predicted molar refractivity (Wildman–Crippen MR) is 165 cm³/mol. The Hall–Kier alpha value is -3.33. The SMILES string of the molecule is CCOC(=O)C1(NS(=O)(=O)c2ccc3c(c2)C(=NO)c2cc(S(=O)(=O)NC4(C(=O)OCC)CCCCC4)ccc2-3)CCCCC1. The number of fused-ring (bicyclic) bond motifs is 3. The first-order chi connectivity index (χ1) is 21.4.